The molecule has 0 aliphatic carbocycles. The Morgan fingerprint density at radius 3 is 2.46 bits per heavy atom. The van der Waals surface area contributed by atoms with Gasteiger partial charge in [0.05, 0.1) is 11.4 Å². The molecule has 132 valence electrons. The van der Waals surface area contributed by atoms with Crippen LogP contribution >= 0.6 is 11.8 Å². The fourth-order valence-corrected chi connectivity index (χ4v) is 2.79. The zero-order valence-electron chi connectivity index (χ0n) is 13.9. The number of nitrogens with zero attached hydrogens (tertiary/aromatic N) is 2. The van der Waals surface area contributed by atoms with Crippen LogP contribution in [0.4, 0.5) is 14.5 Å². The monoisotopic (exact) mass is 371 g/mol. The van der Waals surface area contributed by atoms with Gasteiger partial charge in [-0.2, -0.15) is 0 Å². The summed E-state index contributed by atoms with van der Waals surface area (Å²) < 4.78 is 26.4. The molecule has 0 saturated carbocycles. The zero-order valence-corrected chi connectivity index (χ0v) is 14.7. The lowest BCUT2D eigenvalue weighted by atomic mass is 10.1. The van der Waals surface area contributed by atoms with Gasteiger partial charge < -0.3 is 5.32 Å². The number of carbonyl (C=O) groups excluding carboxylic acids is 1. The van der Waals surface area contributed by atoms with Gasteiger partial charge in [0.15, 0.2) is 0 Å². The Labute approximate surface area is 153 Å². The molecule has 0 saturated heterocycles. The van der Waals surface area contributed by atoms with Crippen LogP contribution in [0, 0.1) is 18.6 Å². The first kappa shape index (κ1) is 18.0. The average molecular weight is 371 g/mol. The fourth-order valence-electron chi connectivity index (χ4n) is 2.18. The molecule has 7 heteroatoms. The molecular formula is C19H15F2N3OS. The van der Waals surface area contributed by atoms with Crippen molar-refractivity contribution in [3.63, 3.8) is 0 Å². The summed E-state index contributed by atoms with van der Waals surface area (Å²) in [4.78, 5) is 12.0. The molecular weight excluding hydrogens is 356 g/mol. The Kier molecular flexibility index (Phi) is 5.58. The molecule has 26 heavy (non-hydrogen) atoms. The van der Waals surface area contributed by atoms with Crippen molar-refractivity contribution in [2.24, 2.45) is 0 Å². The van der Waals surface area contributed by atoms with E-state index in [-0.39, 0.29) is 23.3 Å². The van der Waals surface area contributed by atoms with Gasteiger partial charge in [0.2, 0.25) is 5.91 Å². The number of halogens is 2. The van der Waals surface area contributed by atoms with E-state index in [4.69, 9.17) is 0 Å². The number of amides is 1. The fraction of sp³-hybridized carbons (Fsp3) is 0.105. The highest BCUT2D eigenvalue weighted by Crippen LogP contribution is 2.20. The van der Waals surface area contributed by atoms with Crippen molar-refractivity contribution in [1.82, 2.24) is 10.2 Å². The van der Waals surface area contributed by atoms with E-state index in [9.17, 15) is 13.6 Å². The number of hydrogen-bond donors (Lipinski definition) is 1. The summed E-state index contributed by atoms with van der Waals surface area (Å²) in [7, 11) is 0. The molecule has 3 rings (SSSR count). The third kappa shape index (κ3) is 4.64. The summed E-state index contributed by atoms with van der Waals surface area (Å²) in [6.07, 6.45) is 0. The van der Waals surface area contributed by atoms with E-state index in [2.05, 4.69) is 15.5 Å². The molecule has 0 fully saturated rings. The van der Waals surface area contributed by atoms with E-state index in [1.165, 1.54) is 30.0 Å². The van der Waals surface area contributed by atoms with E-state index in [1.54, 1.807) is 43.3 Å². The van der Waals surface area contributed by atoms with Crippen LogP contribution in [0.5, 0.6) is 0 Å². The van der Waals surface area contributed by atoms with Crippen LogP contribution < -0.4 is 5.32 Å². The number of aromatic nitrogens is 2. The lowest BCUT2D eigenvalue weighted by Gasteiger charge is -2.06. The minimum atomic E-state index is -0.363. The van der Waals surface area contributed by atoms with Crippen LogP contribution in [0.1, 0.15) is 5.56 Å². The molecule has 1 heterocycles. The Balaban J connectivity index is 1.56. The summed E-state index contributed by atoms with van der Waals surface area (Å²) in [6.45, 7) is 1.66. The van der Waals surface area contributed by atoms with Crippen molar-refractivity contribution in [3.05, 3.63) is 71.8 Å². The molecule has 0 aliphatic rings. The van der Waals surface area contributed by atoms with Crippen LogP contribution in [0.3, 0.4) is 0 Å². The predicted molar refractivity (Wildman–Crippen MR) is 97.9 cm³/mol. The summed E-state index contributed by atoms with van der Waals surface area (Å²) >= 11 is 1.22. The number of rotatable bonds is 5. The summed E-state index contributed by atoms with van der Waals surface area (Å²) in [5.41, 5.74) is 2.31. The first-order valence-electron chi connectivity index (χ1n) is 7.80. The van der Waals surface area contributed by atoms with E-state index < -0.39 is 0 Å². The Morgan fingerprint density at radius 2 is 1.81 bits per heavy atom. The van der Waals surface area contributed by atoms with Crippen molar-refractivity contribution in [3.8, 4) is 11.3 Å². The highest BCUT2D eigenvalue weighted by atomic mass is 32.2. The number of aryl methyl sites for hydroxylation is 1. The van der Waals surface area contributed by atoms with Crippen molar-refractivity contribution < 1.29 is 13.6 Å². The van der Waals surface area contributed by atoms with Crippen molar-refractivity contribution in [2.45, 2.75) is 11.9 Å². The largest absolute Gasteiger partial charge is 0.325 e. The molecule has 0 radical (unpaired) electrons. The van der Waals surface area contributed by atoms with Gasteiger partial charge in [-0.1, -0.05) is 17.8 Å². The number of nitrogens with one attached hydrogen (secondary N) is 1. The smallest absolute Gasteiger partial charge is 0.234 e. The number of benzene rings is 2. The average Bonchev–Trinajstić information content (AvgIpc) is 2.64. The Morgan fingerprint density at radius 1 is 1.04 bits per heavy atom. The maximum Gasteiger partial charge on any atom is 0.234 e. The maximum atomic E-state index is 13.5. The van der Waals surface area contributed by atoms with E-state index >= 15 is 0 Å². The topological polar surface area (TPSA) is 54.9 Å². The van der Waals surface area contributed by atoms with E-state index in [1.807, 2.05) is 0 Å². The lowest BCUT2D eigenvalue weighted by molar-refractivity contribution is -0.113. The second kappa shape index (κ2) is 8.05. The third-order valence-corrected chi connectivity index (χ3v) is 4.51. The van der Waals surface area contributed by atoms with Crippen molar-refractivity contribution in [2.75, 3.05) is 11.1 Å². The molecule has 0 atom stereocenters. The molecule has 1 aromatic heterocycles. The SMILES string of the molecule is Cc1ccc(NC(=O)CSc2ccc(-c3ccc(F)cc3)nn2)cc1F. The van der Waals surface area contributed by atoms with Crippen molar-refractivity contribution >= 4 is 23.4 Å². The van der Waals surface area contributed by atoms with Crippen LogP contribution in [0.2, 0.25) is 0 Å². The molecule has 3 aromatic rings. The van der Waals surface area contributed by atoms with Crippen LogP contribution in [-0.4, -0.2) is 21.9 Å². The quantitative estimate of drug-likeness (QED) is 0.673. The minimum Gasteiger partial charge on any atom is -0.325 e. The van der Waals surface area contributed by atoms with Gasteiger partial charge in [-0.05, 0) is 61.0 Å². The number of anilines is 1. The highest BCUT2D eigenvalue weighted by molar-refractivity contribution is 7.99. The summed E-state index contributed by atoms with van der Waals surface area (Å²) in [6, 6.07) is 14.0. The van der Waals surface area contributed by atoms with Gasteiger partial charge in [-0.25, -0.2) is 8.78 Å². The second-order valence-corrected chi connectivity index (χ2v) is 6.56. The normalized spacial score (nSPS) is 10.6. The molecule has 2 aromatic carbocycles. The van der Waals surface area contributed by atoms with Gasteiger partial charge in [-0.3, -0.25) is 4.79 Å². The maximum absolute atomic E-state index is 13.5. The molecule has 1 N–H and O–H groups in total. The standard InChI is InChI=1S/C19H15F2N3OS/c1-12-2-7-15(10-16(12)21)22-18(25)11-26-19-9-8-17(23-24-19)13-3-5-14(20)6-4-13/h2-10H,11H2,1H3,(H,22,25). The van der Waals surface area contributed by atoms with Gasteiger partial charge in [0.25, 0.3) is 0 Å². The molecule has 0 spiro atoms. The van der Waals surface area contributed by atoms with Gasteiger partial charge in [0, 0.05) is 11.3 Å². The van der Waals surface area contributed by atoms with E-state index in [0.717, 1.165) is 5.56 Å². The molecule has 0 aliphatic heterocycles. The van der Waals surface area contributed by atoms with E-state index in [0.29, 0.717) is 22.0 Å². The third-order valence-electron chi connectivity index (χ3n) is 3.59. The van der Waals surface area contributed by atoms with Crippen LogP contribution in [0.15, 0.2) is 59.6 Å². The van der Waals surface area contributed by atoms with Gasteiger partial charge in [-0.15, -0.1) is 10.2 Å². The molecule has 4 nitrogen and oxygen atoms in total. The molecule has 1 amide bonds. The molecule has 0 unspecified atom stereocenters. The predicted octanol–water partition coefficient (Wildman–Crippen LogP) is 4.46. The summed E-state index contributed by atoms with van der Waals surface area (Å²) in [5.74, 6) is -0.811. The molecule has 0 bridgehead atoms. The lowest BCUT2D eigenvalue weighted by Crippen LogP contribution is -2.14. The zero-order chi connectivity index (χ0) is 18.5. The van der Waals surface area contributed by atoms with Gasteiger partial charge in [0.1, 0.15) is 16.7 Å². The highest BCUT2D eigenvalue weighted by Gasteiger charge is 2.07. The van der Waals surface area contributed by atoms with Crippen LogP contribution in [-0.2, 0) is 4.79 Å². The number of thioether (sulfide) groups is 1. The summed E-state index contributed by atoms with van der Waals surface area (Å²) in [5, 5.41) is 11.4. The first-order valence-corrected chi connectivity index (χ1v) is 8.78. The van der Waals surface area contributed by atoms with Crippen molar-refractivity contribution in [1.29, 1.82) is 0 Å². The van der Waals surface area contributed by atoms with Crippen LogP contribution in [0.25, 0.3) is 11.3 Å². The first-order chi connectivity index (χ1) is 12.5. The second-order valence-electron chi connectivity index (χ2n) is 5.56. The Bertz CT molecular complexity index is 915. The minimum absolute atomic E-state index is 0.125. The number of hydrogen-bond acceptors (Lipinski definition) is 4. The Hall–Kier alpha value is -2.80. The number of carbonyl (C=O) groups is 1. The van der Waals surface area contributed by atoms with Gasteiger partial charge >= 0.3 is 0 Å².